The molecule has 4 nitrogen and oxygen atoms in total. The first kappa shape index (κ1) is 22.6. The maximum atomic E-state index is 13.1. The van der Waals surface area contributed by atoms with Crippen LogP contribution < -0.4 is 10.2 Å². The monoisotopic (exact) mass is 439 g/mol. The minimum atomic E-state index is -4.40. The van der Waals surface area contributed by atoms with E-state index in [1.165, 1.54) is 0 Å². The van der Waals surface area contributed by atoms with Crippen molar-refractivity contribution in [1.29, 1.82) is 0 Å². The second-order valence-corrected chi connectivity index (χ2v) is 10.2. The number of nitrogens with one attached hydrogen (secondary N) is 1. The molecular formula is C22H28F3N3OS. The molecule has 1 aromatic carbocycles. The highest BCUT2D eigenvalue weighted by Crippen LogP contribution is 2.37. The van der Waals surface area contributed by atoms with Gasteiger partial charge in [0.1, 0.15) is 0 Å². The lowest BCUT2D eigenvalue weighted by Gasteiger charge is -2.25. The summed E-state index contributed by atoms with van der Waals surface area (Å²) in [7, 11) is 0. The minimum absolute atomic E-state index is 0.0230. The van der Waals surface area contributed by atoms with Crippen molar-refractivity contribution >= 4 is 28.6 Å². The zero-order chi connectivity index (χ0) is 22.3. The van der Waals surface area contributed by atoms with Crippen molar-refractivity contribution in [3.63, 3.8) is 0 Å². The Hall–Kier alpha value is -2.09. The molecule has 0 radical (unpaired) electrons. The summed E-state index contributed by atoms with van der Waals surface area (Å²) in [5, 5.41) is 2.26. The predicted octanol–water partition coefficient (Wildman–Crippen LogP) is 6.11. The van der Waals surface area contributed by atoms with E-state index in [0.717, 1.165) is 46.8 Å². The summed E-state index contributed by atoms with van der Waals surface area (Å²) in [6.07, 6.45) is -2.68. The number of carbonyl (C=O) groups is 1. The number of halogens is 3. The molecule has 1 aliphatic rings. The summed E-state index contributed by atoms with van der Waals surface area (Å²) in [5.74, 6) is -0.0230. The lowest BCUT2D eigenvalue weighted by atomic mass is 9.92. The van der Waals surface area contributed by atoms with E-state index in [0.29, 0.717) is 30.0 Å². The van der Waals surface area contributed by atoms with E-state index in [-0.39, 0.29) is 11.3 Å². The molecule has 2 heterocycles. The Morgan fingerprint density at radius 2 is 1.83 bits per heavy atom. The fourth-order valence-corrected chi connectivity index (χ4v) is 4.71. The first-order valence-corrected chi connectivity index (χ1v) is 10.9. The maximum Gasteiger partial charge on any atom is 0.443 e. The second-order valence-electron chi connectivity index (χ2n) is 9.15. The molecule has 0 atom stereocenters. The number of fused-ring (bicyclic) bond motifs is 1. The van der Waals surface area contributed by atoms with Crippen LogP contribution in [-0.4, -0.2) is 17.4 Å². The molecule has 0 saturated carbocycles. The number of hydrogen-bond donors (Lipinski definition) is 1. The second kappa shape index (κ2) is 8.21. The number of nitrogens with zero attached hydrogens (tertiary/aromatic N) is 2. The number of aryl methyl sites for hydroxylation is 3. The molecule has 1 aromatic heterocycles. The average molecular weight is 440 g/mol. The lowest BCUT2D eigenvalue weighted by molar-refractivity contribution is -0.137. The maximum absolute atomic E-state index is 13.1. The van der Waals surface area contributed by atoms with E-state index in [1.807, 2.05) is 46.8 Å². The topological polar surface area (TPSA) is 45.2 Å². The SMILES string of the molecule is Cc1cc(N2CCCc3nc(C(F)(F)F)sc3C2)cc(C)c1NC(=O)CC(C)(C)C. The molecule has 0 aliphatic carbocycles. The highest BCUT2D eigenvalue weighted by molar-refractivity contribution is 7.11. The summed E-state index contributed by atoms with van der Waals surface area (Å²) in [6.45, 7) is 11.1. The van der Waals surface area contributed by atoms with Gasteiger partial charge in [-0.3, -0.25) is 4.79 Å². The molecule has 1 amide bonds. The Labute approximate surface area is 179 Å². The largest absolute Gasteiger partial charge is 0.443 e. The molecule has 1 N–H and O–H groups in total. The van der Waals surface area contributed by atoms with Crippen LogP contribution in [0.1, 0.15) is 60.3 Å². The highest BCUT2D eigenvalue weighted by atomic mass is 32.1. The number of rotatable bonds is 3. The van der Waals surface area contributed by atoms with E-state index >= 15 is 0 Å². The van der Waals surface area contributed by atoms with Crippen LogP contribution in [-0.2, 0) is 23.9 Å². The third-order valence-electron chi connectivity index (χ3n) is 5.03. The quantitative estimate of drug-likeness (QED) is 0.628. The average Bonchev–Trinajstić information content (AvgIpc) is 2.89. The number of hydrogen-bond acceptors (Lipinski definition) is 4. The van der Waals surface area contributed by atoms with Gasteiger partial charge in [0.2, 0.25) is 5.91 Å². The van der Waals surface area contributed by atoms with Gasteiger partial charge in [0.05, 0.1) is 12.2 Å². The number of alkyl halides is 3. The number of carbonyl (C=O) groups excluding carboxylic acids is 1. The van der Waals surface area contributed by atoms with Gasteiger partial charge in [-0.2, -0.15) is 13.2 Å². The first-order chi connectivity index (χ1) is 13.8. The smallest absolute Gasteiger partial charge is 0.366 e. The highest BCUT2D eigenvalue weighted by Gasteiger charge is 2.36. The van der Waals surface area contributed by atoms with E-state index < -0.39 is 11.2 Å². The van der Waals surface area contributed by atoms with Crippen LogP contribution in [0.5, 0.6) is 0 Å². The number of benzene rings is 1. The summed E-state index contributed by atoms with van der Waals surface area (Å²) in [5.41, 5.74) is 4.11. The number of aromatic nitrogens is 1. The Bertz CT molecular complexity index is 921. The van der Waals surface area contributed by atoms with Crippen molar-refractivity contribution in [3.05, 3.63) is 38.8 Å². The summed E-state index contributed by atoms with van der Waals surface area (Å²) < 4.78 is 39.2. The molecule has 0 unspecified atom stereocenters. The van der Waals surface area contributed by atoms with Gasteiger partial charge in [-0.25, -0.2) is 4.98 Å². The van der Waals surface area contributed by atoms with Gasteiger partial charge < -0.3 is 10.2 Å². The molecule has 30 heavy (non-hydrogen) atoms. The third kappa shape index (κ3) is 5.33. The van der Waals surface area contributed by atoms with Crippen LogP contribution in [0.25, 0.3) is 0 Å². The summed E-state index contributed by atoms with van der Waals surface area (Å²) >= 11 is 0.744. The summed E-state index contributed by atoms with van der Waals surface area (Å²) in [4.78, 5) is 19.0. The predicted molar refractivity (Wildman–Crippen MR) is 115 cm³/mol. The van der Waals surface area contributed by atoms with Crippen molar-refractivity contribution in [2.45, 2.75) is 66.6 Å². The molecule has 8 heteroatoms. The van der Waals surface area contributed by atoms with Gasteiger partial charge in [0.15, 0.2) is 5.01 Å². The molecule has 1 aliphatic heterocycles. The van der Waals surface area contributed by atoms with Crippen LogP contribution >= 0.6 is 11.3 Å². The first-order valence-electron chi connectivity index (χ1n) is 10.1. The summed E-state index contributed by atoms with van der Waals surface area (Å²) in [6, 6.07) is 3.99. The van der Waals surface area contributed by atoms with Gasteiger partial charge in [-0.15, -0.1) is 11.3 Å². The standard InChI is InChI=1S/C22H28F3N3OS/c1-13-9-15(10-14(2)19(13)27-18(29)11-21(3,4)5)28-8-6-7-16-17(12-28)30-20(26-16)22(23,24)25/h9-10H,6-8,11-12H2,1-5H3,(H,27,29). The Morgan fingerprint density at radius 3 is 2.40 bits per heavy atom. The molecule has 0 fully saturated rings. The fourth-order valence-electron chi connectivity index (χ4n) is 3.72. The van der Waals surface area contributed by atoms with E-state index in [4.69, 9.17) is 0 Å². The third-order valence-corrected chi connectivity index (χ3v) is 6.16. The van der Waals surface area contributed by atoms with Gasteiger partial charge in [-0.05, 0) is 55.4 Å². The molecule has 3 rings (SSSR count). The Kier molecular flexibility index (Phi) is 6.18. The van der Waals surface area contributed by atoms with Crippen molar-refractivity contribution in [1.82, 2.24) is 4.98 Å². The van der Waals surface area contributed by atoms with Crippen molar-refractivity contribution in [2.75, 3.05) is 16.8 Å². The number of thiazole rings is 1. The van der Waals surface area contributed by atoms with E-state index in [9.17, 15) is 18.0 Å². The van der Waals surface area contributed by atoms with Crippen LogP contribution in [0.4, 0.5) is 24.5 Å². The fraction of sp³-hybridized carbons (Fsp3) is 0.545. The van der Waals surface area contributed by atoms with Crippen LogP contribution in [0.3, 0.4) is 0 Å². The zero-order valence-corrected chi connectivity index (χ0v) is 18.9. The van der Waals surface area contributed by atoms with E-state index in [2.05, 4.69) is 15.2 Å². The normalized spacial score (nSPS) is 15.0. The van der Waals surface area contributed by atoms with Gasteiger partial charge >= 0.3 is 6.18 Å². The Morgan fingerprint density at radius 1 is 1.20 bits per heavy atom. The van der Waals surface area contributed by atoms with Crippen molar-refractivity contribution < 1.29 is 18.0 Å². The zero-order valence-electron chi connectivity index (χ0n) is 18.0. The van der Waals surface area contributed by atoms with Gasteiger partial charge in [0, 0.05) is 29.2 Å². The van der Waals surface area contributed by atoms with Crippen LogP contribution in [0, 0.1) is 19.3 Å². The van der Waals surface area contributed by atoms with Crippen molar-refractivity contribution in [3.8, 4) is 0 Å². The van der Waals surface area contributed by atoms with E-state index in [1.54, 1.807) is 0 Å². The molecule has 0 bridgehead atoms. The molecule has 2 aromatic rings. The van der Waals surface area contributed by atoms with Crippen LogP contribution in [0.2, 0.25) is 0 Å². The lowest BCUT2D eigenvalue weighted by Crippen LogP contribution is -2.23. The number of anilines is 2. The molecule has 0 spiro atoms. The molecule has 164 valence electrons. The Balaban J connectivity index is 1.82. The van der Waals surface area contributed by atoms with Crippen molar-refractivity contribution in [2.24, 2.45) is 5.41 Å². The molecule has 0 saturated heterocycles. The minimum Gasteiger partial charge on any atom is -0.366 e. The van der Waals surface area contributed by atoms with Crippen LogP contribution in [0.15, 0.2) is 12.1 Å². The number of amides is 1. The van der Waals surface area contributed by atoms with Gasteiger partial charge in [0.25, 0.3) is 0 Å². The van der Waals surface area contributed by atoms with Gasteiger partial charge in [-0.1, -0.05) is 20.8 Å². The molecular weight excluding hydrogens is 411 g/mol.